The van der Waals surface area contributed by atoms with Gasteiger partial charge in [0.2, 0.25) is 5.95 Å². The van der Waals surface area contributed by atoms with Crippen LogP contribution < -0.4 is 4.90 Å². The number of anilines is 1. The van der Waals surface area contributed by atoms with Gasteiger partial charge in [-0.1, -0.05) is 35.9 Å². The average Bonchev–Trinajstić information content (AvgIpc) is 3.29. The highest BCUT2D eigenvalue weighted by molar-refractivity contribution is 6.31. The topological polar surface area (TPSA) is 87.9 Å². The molecule has 0 bridgehead atoms. The fourth-order valence-electron chi connectivity index (χ4n) is 5.52. The summed E-state index contributed by atoms with van der Waals surface area (Å²) in [4.78, 5) is 32.9. The number of hydrogen-bond acceptors (Lipinski definition) is 5. The SMILES string of the molecule is COC(=O)N1CCc2ccc3c(nc(N4CCC(C(=O)O)CC4)n3[C@H](C)Cc3ccccc3Cl)c2C1. The van der Waals surface area contributed by atoms with Gasteiger partial charge in [0, 0.05) is 36.3 Å². The molecule has 0 aliphatic carbocycles. The average molecular weight is 511 g/mol. The molecule has 2 aliphatic heterocycles. The lowest BCUT2D eigenvalue weighted by Gasteiger charge is -2.32. The van der Waals surface area contributed by atoms with Gasteiger partial charge in [0.05, 0.1) is 30.6 Å². The van der Waals surface area contributed by atoms with Crippen LogP contribution in [0.3, 0.4) is 0 Å². The monoisotopic (exact) mass is 510 g/mol. The van der Waals surface area contributed by atoms with Gasteiger partial charge in [0.15, 0.2) is 0 Å². The lowest BCUT2D eigenvalue weighted by Crippen LogP contribution is -2.38. The number of piperidine rings is 1. The summed E-state index contributed by atoms with van der Waals surface area (Å²) < 4.78 is 7.24. The van der Waals surface area contributed by atoms with Gasteiger partial charge in [-0.2, -0.15) is 0 Å². The first-order valence-electron chi connectivity index (χ1n) is 12.4. The number of carboxylic acids is 1. The molecule has 1 aromatic heterocycles. The summed E-state index contributed by atoms with van der Waals surface area (Å²) in [5.41, 5.74) is 5.22. The molecule has 1 atom stereocenters. The van der Waals surface area contributed by atoms with Crippen LogP contribution in [0.2, 0.25) is 5.02 Å². The van der Waals surface area contributed by atoms with Gasteiger partial charge in [-0.05, 0) is 55.9 Å². The zero-order valence-corrected chi connectivity index (χ0v) is 21.4. The molecule has 1 N–H and O–H groups in total. The molecule has 1 saturated heterocycles. The molecule has 3 heterocycles. The number of rotatable bonds is 5. The van der Waals surface area contributed by atoms with Gasteiger partial charge in [-0.15, -0.1) is 0 Å². The maximum Gasteiger partial charge on any atom is 0.409 e. The highest BCUT2D eigenvalue weighted by Gasteiger charge is 2.31. The van der Waals surface area contributed by atoms with Crippen LogP contribution in [0.4, 0.5) is 10.7 Å². The molecule has 0 spiro atoms. The molecule has 0 unspecified atom stereocenters. The first kappa shape index (κ1) is 24.4. The second-order valence-electron chi connectivity index (χ2n) is 9.74. The summed E-state index contributed by atoms with van der Waals surface area (Å²) >= 11 is 6.50. The van der Waals surface area contributed by atoms with E-state index in [-0.39, 0.29) is 18.1 Å². The number of aromatic nitrogens is 2. The summed E-state index contributed by atoms with van der Waals surface area (Å²) in [7, 11) is 1.41. The second-order valence-corrected chi connectivity index (χ2v) is 10.1. The van der Waals surface area contributed by atoms with E-state index < -0.39 is 5.97 Å². The van der Waals surface area contributed by atoms with Crippen molar-refractivity contribution in [3.8, 4) is 0 Å². The van der Waals surface area contributed by atoms with Gasteiger partial charge >= 0.3 is 12.1 Å². The normalized spacial score (nSPS) is 17.2. The second kappa shape index (κ2) is 10.0. The number of hydrogen-bond donors (Lipinski definition) is 1. The minimum Gasteiger partial charge on any atom is -0.481 e. The number of methoxy groups -OCH3 is 1. The van der Waals surface area contributed by atoms with Gasteiger partial charge in [-0.25, -0.2) is 9.78 Å². The van der Waals surface area contributed by atoms with Gasteiger partial charge in [0.25, 0.3) is 0 Å². The molecule has 36 heavy (non-hydrogen) atoms. The highest BCUT2D eigenvalue weighted by atomic mass is 35.5. The summed E-state index contributed by atoms with van der Waals surface area (Å²) in [5.74, 6) is -0.204. The van der Waals surface area contributed by atoms with E-state index in [1.54, 1.807) is 4.90 Å². The van der Waals surface area contributed by atoms with Crippen molar-refractivity contribution in [2.45, 2.75) is 45.2 Å². The Labute approximate surface area is 215 Å². The van der Waals surface area contributed by atoms with E-state index in [1.807, 2.05) is 24.3 Å². The van der Waals surface area contributed by atoms with E-state index in [0.717, 1.165) is 46.0 Å². The van der Waals surface area contributed by atoms with E-state index in [1.165, 1.54) is 12.7 Å². The van der Waals surface area contributed by atoms with Gasteiger partial charge in [0.1, 0.15) is 0 Å². The molecule has 190 valence electrons. The summed E-state index contributed by atoms with van der Waals surface area (Å²) in [6, 6.07) is 12.2. The predicted octanol–water partition coefficient (Wildman–Crippen LogP) is 4.92. The number of carbonyl (C=O) groups excluding carboxylic acids is 1. The van der Waals surface area contributed by atoms with E-state index in [0.29, 0.717) is 39.0 Å². The molecule has 9 heteroatoms. The number of fused-ring (bicyclic) bond motifs is 3. The Kier molecular flexibility index (Phi) is 6.79. The zero-order valence-electron chi connectivity index (χ0n) is 20.6. The van der Waals surface area contributed by atoms with Crippen molar-refractivity contribution in [2.75, 3.05) is 31.6 Å². The summed E-state index contributed by atoms with van der Waals surface area (Å²) in [5, 5.41) is 10.2. The van der Waals surface area contributed by atoms with Crippen LogP contribution in [-0.2, 0) is 28.9 Å². The maximum absolute atomic E-state index is 12.3. The number of amides is 1. The number of carbonyl (C=O) groups is 2. The molecular weight excluding hydrogens is 480 g/mol. The van der Waals surface area contributed by atoms with Crippen molar-refractivity contribution in [3.63, 3.8) is 0 Å². The number of halogens is 1. The number of benzene rings is 2. The van der Waals surface area contributed by atoms with E-state index >= 15 is 0 Å². The maximum atomic E-state index is 12.3. The Morgan fingerprint density at radius 3 is 2.61 bits per heavy atom. The molecule has 0 saturated carbocycles. The molecule has 2 aromatic carbocycles. The number of carboxylic acid groups (broad SMARTS) is 1. The van der Waals surface area contributed by atoms with Crippen molar-refractivity contribution in [1.29, 1.82) is 0 Å². The van der Waals surface area contributed by atoms with Crippen LogP contribution in [-0.4, -0.2) is 58.4 Å². The largest absolute Gasteiger partial charge is 0.481 e. The molecule has 5 rings (SSSR count). The van der Waals surface area contributed by atoms with Gasteiger partial charge < -0.3 is 24.2 Å². The number of imidazole rings is 1. The third-order valence-corrected chi connectivity index (χ3v) is 7.89. The zero-order chi connectivity index (χ0) is 25.4. The van der Waals surface area contributed by atoms with Crippen molar-refractivity contribution >= 4 is 40.6 Å². The van der Waals surface area contributed by atoms with Crippen LogP contribution in [0, 0.1) is 5.92 Å². The predicted molar refractivity (Wildman–Crippen MR) is 139 cm³/mol. The van der Waals surface area contributed by atoms with Crippen molar-refractivity contribution in [1.82, 2.24) is 14.5 Å². The van der Waals surface area contributed by atoms with Crippen molar-refractivity contribution in [2.24, 2.45) is 5.92 Å². The molecule has 0 radical (unpaired) electrons. The molecule has 1 fully saturated rings. The molecule has 3 aromatic rings. The van der Waals surface area contributed by atoms with Crippen LogP contribution in [0.25, 0.3) is 11.0 Å². The van der Waals surface area contributed by atoms with Crippen LogP contribution in [0.15, 0.2) is 36.4 Å². The lowest BCUT2D eigenvalue weighted by molar-refractivity contribution is -0.142. The number of aliphatic carboxylic acids is 1. The van der Waals surface area contributed by atoms with E-state index in [4.69, 9.17) is 21.3 Å². The quantitative estimate of drug-likeness (QED) is 0.524. The third-order valence-electron chi connectivity index (χ3n) is 7.52. The Balaban J connectivity index is 1.57. The molecule has 1 amide bonds. The van der Waals surface area contributed by atoms with E-state index in [9.17, 15) is 14.7 Å². The Bertz CT molecular complexity index is 1300. The minimum atomic E-state index is -0.729. The first-order valence-corrected chi connectivity index (χ1v) is 12.8. The number of ether oxygens (including phenoxy) is 1. The van der Waals surface area contributed by atoms with Crippen LogP contribution in [0.5, 0.6) is 0 Å². The Morgan fingerprint density at radius 2 is 1.92 bits per heavy atom. The Morgan fingerprint density at radius 1 is 1.17 bits per heavy atom. The van der Waals surface area contributed by atoms with Crippen LogP contribution >= 0.6 is 11.6 Å². The van der Waals surface area contributed by atoms with Crippen molar-refractivity contribution < 1.29 is 19.4 Å². The molecule has 2 aliphatic rings. The third kappa shape index (κ3) is 4.50. The lowest BCUT2D eigenvalue weighted by atomic mass is 9.97. The standard InChI is InChI=1S/C27H31ClN4O4/c1-17(15-20-5-3-4-6-22(20)28)32-23-8-7-18-9-14-31(27(35)36-2)16-21(18)24(23)29-26(32)30-12-10-19(11-13-30)25(33)34/h3-8,17,19H,9-16H2,1-2H3,(H,33,34)/t17-/m1/s1. The van der Waals surface area contributed by atoms with Crippen molar-refractivity contribution in [3.05, 3.63) is 58.1 Å². The smallest absolute Gasteiger partial charge is 0.409 e. The minimum absolute atomic E-state index is 0.0560. The molecular formula is C27H31ClN4O4. The fourth-order valence-corrected chi connectivity index (χ4v) is 5.74. The van der Waals surface area contributed by atoms with Gasteiger partial charge in [-0.3, -0.25) is 4.79 Å². The summed E-state index contributed by atoms with van der Waals surface area (Å²) in [6.45, 7) is 4.50. The molecule has 8 nitrogen and oxygen atoms in total. The first-order chi connectivity index (χ1) is 17.4. The summed E-state index contributed by atoms with van der Waals surface area (Å²) in [6.07, 6.45) is 2.33. The number of nitrogens with zero attached hydrogens (tertiary/aromatic N) is 4. The Hall–Kier alpha value is -3.26. The highest BCUT2D eigenvalue weighted by Crippen LogP contribution is 2.36. The van der Waals surface area contributed by atoms with Crippen LogP contribution in [0.1, 0.15) is 42.5 Å². The van der Waals surface area contributed by atoms with E-state index in [2.05, 4.69) is 28.5 Å². The fraction of sp³-hybridized carbons (Fsp3) is 0.444.